The molecule has 4 nitrogen and oxygen atoms in total. The van der Waals surface area contributed by atoms with Crippen LogP contribution in [0, 0.1) is 0 Å². The molecule has 2 rings (SSSR count). The maximum Gasteiger partial charge on any atom is 0.336 e. The van der Waals surface area contributed by atoms with Crippen molar-refractivity contribution in [3.05, 3.63) is 35.4 Å². The second-order valence-corrected chi connectivity index (χ2v) is 4.26. The van der Waals surface area contributed by atoms with Crippen LogP contribution in [0.5, 0.6) is 0 Å². The number of hydrogen-bond donors (Lipinski definition) is 1. The number of aromatic carboxylic acids is 1. The molecule has 90 valence electrons. The molecule has 1 saturated heterocycles. The maximum atomic E-state index is 12.0. The highest BCUT2D eigenvalue weighted by molar-refractivity contribution is 6.06. The molecule has 0 bridgehead atoms. The molecule has 0 aliphatic carbocycles. The third kappa shape index (κ3) is 2.71. The standard InChI is InChI=1S/C13H15NO3/c15-12(9-14-7-3-4-8-14)10-5-1-2-6-11(10)13(16)17/h1-2,5-6H,3-4,7-9H2,(H,16,17). The Kier molecular flexibility index (Phi) is 3.54. The Morgan fingerprint density at radius 1 is 1.12 bits per heavy atom. The Balaban J connectivity index is 2.15. The molecule has 0 spiro atoms. The normalized spacial score (nSPS) is 16.0. The van der Waals surface area contributed by atoms with Crippen molar-refractivity contribution in [2.45, 2.75) is 12.8 Å². The first kappa shape index (κ1) is 11.8. The van der Waals surface area contributed by atoms with Crippen LogP contribution in [-0.4, -0.2) is 41.4 Å². The van der Waals surface area contributed by atoms with Gasteiger partial charge in [-0.1, -0.05) is 18.2 Å². The lowest BCUT2D eigenvalue weighted by atomic mass is 10.0. The smallest absolute Gasteiger partial charge is 0.336 e. The predicted molar refractivity (Wildman–Crippen MR) is 63.4 cm³/mol. The molecule has 0 saturated carbocycles. The van der Waals surface area contributed by atoms with Crippen molar-refractivity contribution in [1.82, 2.24) is 4.90 Å². The zero-order chi connectivity index (χ0) is 12.3. The molecule has 0 amide bonds. The van der Waals surface area contributed by atoms with E-state index in [1.54, 1.807) is 18.2 Å². The van der Waals surface area contributed by atoms with E-state index in [2.05, 4.69) is 4.90 Å². The molecular formula is C13H15NO3. The number of benzene rings is 1. The quantitative estimate of drug-likeness (QED) is 0.803. The van der Waals surface area contributed by atoms with Crippen LogP contribution in [0.25, 0.3) is 0 Å². The van der Waals surface area contributed by atoms with Crippen LogP contribution < -0.4 is 0 Å². The van der Waals surface area contributed by atoms with Gasteiger partial charge in [0.25, 0.3) is 0 Å². The van der Waals surface area contributed by atoms with E-state index in [1.165, 1.54) is 6.07 Å². The van der Waals surface area contributed by atoms with Gasteiger partial charge in [-0.05, 0) is 32.0 Å². The molecule has 1 aliphatic rings. The molecule has 4 heteroatoms. The minimum Gasteiger partial charge on any atom is -0.478 e. The first-order valence-electron chi connectivity index (χ1n) is 5.76. The van der Waals surface area contributed by atoms with Gasteiger partial charge in [0.05, 0.1) is 12.1 Å². The van der Waals surface area contributed by atoms with Gasteiger partial charge >= 0.3 is 5.97 Å². The summed E-state index contributed by atoms with van der Waals surface area (Å²) in [6.07, 6.45) is 2.24. The predicted octanol–water partition coefficient (Wildman–Crippen LogP) is 1.66. The van der Waals surface area contributed by atoms with Gasteiger partial charge in [0.2, 0.25) is 0 Å². The number of ketones is 1. The SMILES string of the molecule is O=C(O)c1ccccc1C(=O)CN1CCCC1. The van der Waals surface area contributed by atoms with Gasteiger partial charge in [-0.25, -0.2) is 4.79 Å². The topological polar surface area (TPSA) is 57.6 Å². The summed E-state index contributed by atoms with van der Waals surface area (Å²) in [5.41, 5.74) is 0.406. The molecule has 0 aromatic heterocycles. The van der Waals surface area contributed by atoms with Crippen LogP contribution in [-0.2, 0) is 0 Å². The largest absolute Gasteiger partial charge is 0.478 e. The maximum absolute atomic E-state index is 12.0. The highest BCUT2D eigenvalue weighted by Crippen LogP contribution is 2.13. The monoisotopic (exact) mass is 233 g/mol. The number of carboxylic acid groups (broad SMARTS) is 1. The number of carboxylic acids is 1. The zero-order valence-electron chi connectivity index (χ0n) is 9.56. The van der Waals surface area contributed by atoms with Crippen LogP contribution in [0.4, 0.5) is 0 Å². The lowest BCUT2D eigenvalue weighted by Crippen LogP contribution is -2.27. The fourth-order valence-corrected chi connectivity index (χ4v) is 2.14. The molecule has 1 heterocycles. The molecule has 0 unspecified atom stereocenters. The number of rotatable bonds is 4. The van der Waals surface area contributed by atoms with Crippen LogP contribution in [0.2, 0.25) is 0 Å². The molecule has 0 atom stereocenters. The van der Waals surface area contributed by atoms with Crippen molar-refractivity contribution in [3.63, 3.8) is 0 Å². The van der Waals surface area contributed by atoms with E-state index in [4.69, 9.17) is 5.11 Å². The Hall–Kier alpha value is -1.68. The Morgan fingerprint density at radius 2 is 1.71 bits per heavy atom. The summed E-state index contributed by atoms with van der Waals surface area (Å²) in [6.45, 7) is 2.19. The Bertz CT molecular complexity index is 436. The van der Waals surface area contributed by atoms with Gasteiger partial charge in [0, 0.05) is 5.56 Å². The van der Waals surface area contributed by atoms with E-state index in [9.17, 15) is 9.59 Å². The molecule has 1 aromatic rings. The number of Topliss-reactive ketones (excluding diaryl/α,β-unsaturated/α-hetero) is 1. The summed E-state index contributed by atoms with van der Waals surface area (Å²) < 4.78 is 0. The summed E-state index contributed by atoms with van der Waals surface area (Å²) in [6, 6.07) is 6.39. The lowest BCUT2D eigenvalue weighted by Gasteiger charge is -2.14. The van der Waals surface area contributed by atoms with Gasteiger partial charge in [0.15, 0.2) is 5.78 Å². The van der Waals surface area contributed by atoms with Crippen molar-refractivity contribution in [1.29, 1.82) is 0 Å². The zero-order valence-corrected chi connectivity index (χ0v) is 9.56. The van der Waals surface area contributed by atoms with Gasteiger partial charge < -0.3 is 5.11 Å². The molecule has 17 heavy (non-hydrogen) atoms. The van der Waals surface area contributed by atoms with Crippen LogP contribution in [0.1, 0.15) is 33.6 Å². The number of hydrogen-bond acceptors (Lipinski definition) is 3. The minimum atomic E-state index is -1.05. The summed E-state index contributed by atoms with van der Waals surface area (Å²) in [7, 11) is 0. The Morgan fingerprint density at radius 3 is 2.29 bits per heavy atom. The summed E-state index contributed by atoms with van der Waals surface area (Å²) >= 11 is 0. The molecular weight excluding hydrogens is 218 g/mol. The number of nitrogens with zero attached hydrogens (tertiary/aromatic N) is 1. The van der Waals surface area contributed by atoms with Gasteiger partial charge in [-0.15, -0.1) is 0 Å². The molecule has 1 aromatic carbocycles. The third-order valence-electron chi connectivity index (χ3n) is 3.02. The number of carbonyl (C=O) groups is 2. The van der Waals surface area contributed by atoms with Gasteiger partial charge in [-0.3, -0.25) is 9.69 Å². The molecule has 1 fully saturated rings. The number of carbonyl (C=O) groups excluding carboxylic acids is 1. The first-order valence-corrected chi connectivity index (χ1v) is 5.76. The van der Waals surface area contributed by atoms with Gasteiger partial charge in [-0.2, -0.15) is 0 Å². The van der Waals surface area contributed by atoms with Crippen LogP contribution in [0.3, 0.4) is 0 Å². The van der Waals surface area contributed by atoms with Crippen LogP contribution in [0.15, 0.2) is 24.3 Å². The van der Waals surface area contributed by atoms with E-state index >= 15 is 0 Å². The average molecular weight is 233 g/mol. The first-order chi connectivity index (χ1) is 8.18. The molecule has 1 N–H and O–H groups in total. The second-order valence-electron chi connectivity index (χ2n) is 4.26. The van der Waals surface area contributed by atoms with Crippen molar-refractivity contribution in [2.75, 3.05) is 19.6 Å². The fraction of sp³-hybridized carbons (Fsp3) is 0.385. The highest BCUT2D eigenvalue weighted by atomic mass is 16.4. The van der Waals surface area contributed by atoms with Crippen molar-refractivity contribution >= 4 is 11.8 Å². The minimum absolute atomic E-state index is 0.0942. The average Bonchev–Trinajstić information content (AvgIpc) is 2.81. The number of likely N-dealkylation sites (tertiary alicyclic amines) is 1. The van der Waals surface area contributed by atoms with Crippen LogP contribution >= 0.6 is 0 Å². The summed E-state index contributed by atoms with van der Waals surface area (Å²) in [5, 5.41) is 9.01. The lowest BCUT2D eigenvalue weighted by molar-refractivity contribution is 0.0691. The highest BCUT2D eigenvalue weighted by Gasteiger charge is 2.20. The van der Waals surface area contributed by atoms with Crippen molar-refractivity contribution in [3.8, 4) is 0 Å². The van der Waals surface area contributed by atoms with E-state index in [-0.39, 0.29) is 11.3 Å². The summed E-state index contributed by atoms with van der Waals surface area (Å²) in [5.74, 6) is -1.15. The molecule has 1 aliphatic heterocycles. The second kappa shape index (κ2) is 5.10. The van der Waals surface area contributed by atoms with Crippen molar-refractivity contribution < 1.29 is 14.7 Å². The summed E-state index contributed by atoms with van der Waals surface area (Å²) in [4.78, 5) is 25.1. The van der Waals surface area contributed by atoms with Gasteiger partial charge in [0.1, 0.15) is 0 Å². The van der Waals surface area contributed by atoms with E-state index < -0.39 is 5.97 Å². The van der Waals surface area contributed by atoms with E-state index in [0.29, 0.717) is 12.1 Å². The molecule has 0 radical (unpaired) electrons. The van der Waals surface area contributed by atoms with E-state index in [0.717, 1.165) is 25.9 Å². The Labute approximate surface area is 99.9 Å². The van der Waals surface area contributed by atoms with E-state index in [1.807, 2.05) is 0 Å². The third-order valence-corrected chi connectivity index (χ3v) is 3.02. The fourth-order valence-electron chi connectivity index (χ4n) is 2.14. The van der Waals surface area contributed by atoms with Crippen molar-refractivity contribution in [2.24, 2.45) is 0 Å².